The number of alkyl halides is 7. The maximum Gasteiger partial charge on any atom is 0.459 e. The number of aliphatic hydroxyl groups excluding tert-OH is 1. The standard InChI is InChI=1S/C13H11F7O/c1-8(7-9-5-3-2-4-6-9)10(21)11(14,15)12(16,17)13(18,19)20/h2-7,10,21H,1H3/b8-7+. The maximum absolute atomic E-state index is 13.3. The molecule has 1 atom stereocenters. The normalized spacial score (nSPS) is 16.0. The van der Waals surface area contributed by atoms with Crippen LogP contribution >= 0.6 is 0 Å². The molecule has 118 valence electrons. The van der Waals surface area contributed by atoms with Crippen LogP contribution in [0.5, 0.6) is 0 Å². The summed E-state index contributed by atoms with van der Waals surface area (Å²) in [6.45, 7) is 0.845. The Bertz CT molecular complexity index is 505. The number of halogens is 7. The van der Waals surface area contributed by atoms with E-state index in [2.05, 4.69) is 0 Å². The van der Waals surface area contributed by atoms with E-state index in [0.29, 0.717) is 0 Å². The van der Waals surface area contributed by atoms with Crippen LogP contribution in [0.3, 0.4) is 0 Å². The molecule has 0 aliphatic rings. The topological polar surface area (TPSA) is 20.2 Å². The molecule has 1 aromatic rings. The number of hydrogen-bond acceptors (Lipinski definition) is 1. The van der Waals surface area contributed by atoms with Gasteiger partial charge in [0.2, 0.25) is 0 Å². The van der Waals surface area contributed by atoms with Gasteiger partial charge in [0.1, 0.15) is 6.10 Å². The molecule has 0 bridgehead atoms. The average molecular weight is 316 g/mol. The predicted octanol–water partition coefficient (Wildman–Crippen LogP) is 4.28. The van der Waals surface area contributed by atoms with Crippen LogP contribution < -0.4 is 0 Å². The Morgan fingerprint density at radius 1 is 1.00 bits per heavy atom. The molecule has 1 unspecified atom stereocenters. The molecule has 0 heterocycles. The van der Waals surface area contributed by atoms with Crippen molar-refractivity contribution in [2.24, 2.45) is 0 Å². The van der Waals surface area contributed by atoms with Crippen molar-refractivity contribution < 1.29 is 35.8 Å². The molecule has 1 rings (SSSR count). The van der Waals surface area contributed by atoms with Crippen LogP contribution in [0.1, 0.15) is 12.5 Å². The molecule has 8 heteroatoms. The molecule has 0 saturated carbocycles. The van der Waals surface area contributed by atoms with E-state index in [1.165, 1.54) is 24.3 Å². The third kappa shape index (κ3) is 3.37. The van der Waals surface area contributed by atoms with Gasteiger partial charge in [-0.15, -0.1) is 0 Å². The summed E-state index contributed by atoms with van der Waals surface area (Å²) in [5.41, 5.74) is -0.435. The highest BCUT2D eigenvalue weighted by Crippen LogP contribution is 2.49. The van der Waals surface area contributed by atoms with Crippen molar-refractivity contribution in [2.75, 3.05) is 0 Å². The van der Waals surface area contributed by atoms with Crippen molar-refractivity contribution in [3.63, 3.8) is 0 Å². The van der Waals surface area contributed by atoms with Crippen LogP contribution in [0.2, 0.25) is 0 Å². The summed E-state index contributed by atoms with van der Waals surface area (Å²) in [6.07, 6.45) is -8.83. The lowest BCUT2D eigenvalue weighted by Gasteiger charge is -2.31. The van der Waals surface area contributed by atoms with E-state index in [-0.39, 0.29) is 5.56 Å². The van der Waals surface area contributed by atoms with Crippen LogP contribution in [0.25, 0.3) is 6.08 Å². The van der Waals surface area contributed by atoms with Gasteiger partial charge in [0, 0.05) is 0 Å². The van der Waals surface area contributed by atoms with Gasteiger partial charge in [0.05, 0.1) is 0 Å². The van der Waals surface area contributed by atoms with E-state index in [4.69, 9.17) is 0 Å². The minimum atomic E-state index is -6.47. The summed E-state index contributed by atoms with van der Waals surface area (Å²) < 4.78 is 88.2. The Hall–Kier alpha value is -1.57. The highest BCUT2D eigenvalue weighted by Gasteiger charge is 2.75. The van der Waals surface area contributed by atoms with E-state index in [1.807, 2.05) is 0 Å². The Balaban J connectivity index is 3.12. The van der Waals surface area contributed by atoms with Gasteiger partial charge in [-0.1, -0.05) is 36.4 Å². The maximum atomic E-state index is 13.3. The fourth-order valence-corrected chi connectivity index (χ4v) is 1.54. The number of hydrogen-bond donors (Lipinski definition) is 1. The fraction of sp³-hybridized carbons (Fsp3) is 0.385. The lowest BCUT2D eigenvalue weighted by molar-refractivity contribution is -0.367. The molecule has 1 N–H and O–H groups in total. The third-order valence-corrected chi connectivity index (χ3v) is 2.74. The first-order valence-electron chi connectivity index (χ1n) is 5.65. The van der Waals surface area contributed by atoms with Crippen molar-refractivity contribution in [3.8, 4) is 0 Å². The van der Waals surface area contributed by atoms with Crippen molar-refractivity contribution in [3.05, 3.63) is 41.5 Å². The molecule has 0 fully saturated rings. The van der Waals surface area contributed by atoms with E-state index < -0.39 is 29.7 Å². The largest absolute Gasteiger partial charge is 0.459 e. The Kier molecular flexibility index (Phi) is 4.72. The zero-order valence-electron chi connectivity index (χ0n) is 10.6. The van der Waals surface area contributed by atoms with E-state index >= 15 is 0 Å². The van der Waals surface area contributed by atoms with Gasteiger partial charge >= 0.3 is 18.0 Å². The molecule has 1 aromatic carbocycles. The molecule has 1 nitrogen and oxygen atoms in total. The second kappa shape index (κ2) is 5.67. The van der Waals surface area contributed by atoms with Crippen molar-refractivity contribution >= 4 is 6.08 Å². The van der Waals surface area contributed by atoms with Gasteiger partial charge < -0.3 is 5.11 Å². The van der Waals surface area contributed by atoms with Crippen LogP contribution in [-0.4, -0.2) is 29.2 Å². The number of benzene rings is 1. The monoisotopic (exact) mass is 316 g/mol. The molecule has 0 aromatic heterocycles. The summed E-state index contributed by atoms with van der Waals surface area (Å²) in [6, 6.07) is 7.43. The smallest absolute Gasteiger partial charge is 0.382 e. The zero-order valence-corrected chi connectivity index (χ0v) is 10.6. The SMILES string of the molecule is C/C(=C\c1ccccc1)C(O)C(F)(F)C(F)(F)C(F)(F)F. The Labute approximate surface area is 115 Å². The first-order chi connectivity index (χ1) is 9.41. The molecular formula is C13H11F7O. The summed E-state index contributed by atoms with van der Waals surface area (Å²) >= 11 is 0. The predicted molar refractivity (Wildman–Crippen MR) is 62.0 cm³/mol. The van der Waals surface area contributed by atoms with Crippen LogP contribution in [0.4, 0.5) is 30.7 Å². The highest BCUT2D eigenvalue weighted by atomic mass is 19.4. The minimum Gasteiger partial charge on any atom is -0.382 e. The van der Waals surface area contributed by atoms with Crippen LogP contribution in [0, 0.1) is 0 Å². The molecule has 0 amide bonds. The van der Waals surface area contributed by atoms with Gasteiger partial charge in [-0.05, 0) is 18.1 Å². The van der Waals surface area contributed by atoms with Crippen molar-refractivity contribution in [1.29, 1.82) is 0 Å². The molecule has 0 radical (unpaired) electrons. The summed E-state index contributed by atoms with van der Waals surface area (Å²) in [5.74, 6) is -12.0. The van der Waals surface area contributed by atoms with Crippen LogP contribution in [0.15, 0.2) is 35.9 Å². The van der Waals surface area contributed by atoms with Gasteiger partial charge in [0.25, 0.3) is 0 Å². The van der Waals surface area contributed by atoms with E-state index in [1.54, 1.807) is 6.07 Å². The van der Waals surface area contributed by atoms with Gasteiger partial charge in [0.15, 0.2) is 0 Å². The first kappa shape index (κ1) is 17.5. The Morgan fingerprint density at radius 3 is 1.90 bits per heavy atom. The van der Waals surface area contributed by atoms with Gasteiger partial charge in [-0.25, -0.2) is 0 Å². The quantitative estimate of drug-likeness (QED) is 0.822. The lowest BCUT2D eigenvalue weighted by Crippen LogP contribution is -2.58. The average Bonchev–Trinajstić information content (AvgIpc) is 2.37. The molecule has 21 heavy (non-hydrogen) atoms. The number of rotatable bonds is 4. The van der Waals surface area contributed by atoms with Crippen molar-refractivity contribution in [1.82, 2.24) is 0 Å². The first-order valence-corrected chi connectivity index (χ1v) is 5.65. The number of aliphatic hydroxyl groups is 1. The van der Waals surface area contributed by atoms with Gasteiger partial charge in [-0.2, -0.15) is 30.7 Å². The minimum absolute atomic E-state index is 0.278. The molecule has 0 saturated heterocycles. The van der Waals surface area contributed by atoms with E-state index in [9.17, 15) is 35.8 Å². The fourth-order valence-electron chi connectivity index (χ4n) is 1.54. The molecule has 0 aliphatic carbocycles. The van der Waals surface area contributed by atoms with Gasteiger partial charge in [-0.3, -0.25) is 0 Å². The summed E-state index contributed by atoms with van der Waals surface area (Å²) in [7, 11) is 0. The second-order valence-corrected chi connectivity index (χ2v) is 4.40. The second-order valence-electron chi connectivity index (χ2n) is 4.40. The van der Waals surface area contributed by atoms with E-state index in [0.717, 1.165) is 13.0 Å². The van der Waals surface area contributed by atoms with Crippen molar-refractivity contribution in [2.45, 2.75) is 31.0 Å². The third-order valence-electron chi connectivity index (χ3n) is 2.74. The Morgan fingerprint density at radius 2 is 1.48 bits per heavy atom. The van der Waals surface area contributed by atoms with Crippen LogP contribution in [-0.2, 0) is 0 Å². The molecular weight excluding hydrogens is 305 g/mol. The molecule has 0 aliphatic heterocycles. The lowest BCUT2D eigenvalue weighted by atomic mass is 9.97. The highest BCUT2D eigenvalue weighted by molar-refractivity contribution is 5.53. The molecule has 0 spiro atoms. The zero-order chi connectivity index (χ0) is 16.5. The summed E-state index contributed by atoms with van der Waals surface area (Å²) in [4.78, 5) is 0. The summed E-state index contributed by atoms with van der Waals surface area (Å²) in [5, 5.41) is 9.21.